The minimum Gasteiger partial charge on any atom is -0.336 e. The first-order valence-corrected chi connectivity index (χ1v) is 9.10. The van der Waals surface area contributed by atoms with Crippen LogP contribution in [0.5, 0.6) is 0 Å². The van der Waals surface area contributed by atoms with Gasteiger partial charge < -0.3 is 4.90 Å². The van der Waals surface area contributed by atoms with Crippen LogP contribution in [0.25, 0.3) is 5.69 Å². The third-order valence-corrected chi connectivity index (χ3v) is 5.02. The Hall–Kier alpha value is -3.06. The lowest BCUT2D eigenvalue weighted by atomic mass is 10.1. The van der Waals surface area contributed by atoms with E-state index in [0.29, 0.717) is 5.56 Å². The van der Waals surface area contributed by atoms with Crippen molar-refractivity contribution < 1.29 is 4.79 Å². The molecule has 1 aromatic heterocycles. The first-order valence-electron chi connectivity index (χ1n) is 9.10. The standard InChI is InChI=1S/C20H22N6O/c1-16-5-2-3-6-18(16)14-24-9-11-25(12-10-24)20(27)17-7-4-8-19(13-17)26-15-21-22-23-26/h2-8,13,15H,9-12,14H2,1H3. The third-order valence-electron chi connectivity index (χ3n) is 5.02. The number of piperazine rings is 1. The van der Waals surface area contributed by atoms with Crippen molar-refractivity contribution in [1.29, 1.82) is 0 Å². The molecule has 0 atom stereocenters. The van der Waals surface area contributed by atoms with Gasteiger partial charge in [-0.05, 0) is 46.7 Å². The maximum atomic E-state index is 12.9. The zero-order chi connectivity index (χ0) is 18.6. The van der Waals surface area contributed by atoms with Crippen molar-refractivity contribution in [3.05, 3.63) is 71.5 Å². The lowest BCUT2D eigenvalue weighted by Crippen LogP contribution is -2.48. The van der Waals surface area contributed by atoms with E-state index in [9.17, 15) is 4.79 Å². The molecule has 27 heavy (non-hydrogen) atoms. The van der Waals surface area contributed by atoms with E-state index in [-0.39, 0.29) is 5.91 Å². The summed E-state index contributed by atoms with van der Waals surface area (Å²) in [5.74, 6) is 0.0560. The molecule has 1 aliphatic heterocycles. The molecule has 1 saturated heterocycles. The molecule has 0 spiro atoms. The fourth-order valence-corrected chi connectivity index (χ4v) is 3.38. The van der Waals surface area contributed by atoms with Crippen molar-refractivity contribution in [1.82, 2.24) is 30.0 Å². The summed E-state index contributed by atoms with van der Waals surface area (Å²) in [6, 6.07) is 15.9. The monoisotopic (exact) mass is 362 g/mol. The van der Waals surface area contributed by atoms with E-state index in [1.54, 1.807) is 4.68 Å². The maximum Gasteiger partial charge on any atom is 0.254 e. The van der Waals surface area contributed by atoms with Gasteiger partial charge in [0.05, 0.1) is 5.69 Å². The van der Waals surface area contributed by atoms with Gasteiger partial charge in [-0.15, -0.1) is 5.10 Å². The van der Waals surface area contributed by atoms with Crippen molar-refractivity contribution in [2.45, 2.75) is 13.5 Å². The lowest BCUT2D eigenvalue weighted by molar-refractivity contribution is 0.0628. The number of carbonyl (C=O) groups is 1. The van der Waals surface area contributed by atoms with Gasteiger partial charge in [-0.1, -0.05) is 30.3 Å². The van der Waals surface area contributed by atoms with Crippen LogP contribution < -0.4 is 0 Å². The predicted molar refractivity (Wildman–Crippen MR) is 102 cm³/mol. The van der Waals surface area contributed by atoms with Crippen LogP contribution in [0, 0.1) is 6.92 Å². The highest BCUT2D eigenvalue weighted by molar-refractivity contribution is 5.94. The highest BCUT2D eigenvalue weighted by Gasteiger charge is 2.22. The van der Waals surface area contributed by atoms with Crippen LogP contribution in [0.4, 0.5) is 0 Å². The van der Waals surface area contributed by atoms with Crippen LogP contribution in [-0.4, -0.2) is 62.1 Å². The number of nitrogens with zero attached hydrogens (tertiary/aromatic N) is 6. The summed E-state index contributed by atoms with van der Waals surface area (Å²) in [6.45, 7) is 6.31. The van der Waals surface area contributed by atoms with E-state index < -0.39 is 0 Å². The summed E-state index contributed by atoms with van der Waals surface area (Å²) >= 11 is 0. The van der Waals surface area contributed by atoms with Gasteiger partial charge in [-0.3, -0.25) is 9.69 Å². The fraction of sp³-hybridized carbons (Fsp3) is 0.300. The second kappa shape index (κ2) is 7.67. The quantitative estimate of drug-likeness (QED) is 0.709. The molecule has 138 valence electrons. The van der Waals surface area contributed by atoms with E-state index in [4.69, 9.17) is 0 Å². The van der Waals surface area contributed by atoms with E-state index >= 15 is 0 Å². The Kier molecular flexibility index (Phi) is 4.93. The smallest absolute Gasteiger partial charge is 0.254 e. The van der Waals surface area contributed by atoms with Crippen molar-refractivity contribution >= 4 is 5.91 Å². The van der Waals surface area contributed by atoms with E-state index in [2.05, 4.69) is 51.6 Å². The average molecular weight is 362 g/mol. The molecule has 7 heteroatoms. The third kappa shape index (κ3) is 3.88. The van der Waals surface area contributed by atoms with E-state index in [1.165, 1.54) is 17.5 Å². The Morgan fingerprint density at radius 1 is 1.04 bits per heavy atom. The average Bonchev–Trinajstić information content (AvgIpc) is 3.25. The number of aryl methyl sites for hydroxylation is 1. The molecular weight excluding hydrogens is 340 g/mol. The molecule has 2 aromatic carbocycles. The van der Waals surface area contributed by atoms with Gasteiger partial charge in [-0.2, -0.15) is 0 Å². The zero-order valence-corrected chi connectivity index (χ0v) is 15.3. The van der Waals surface area contributed by atoms with Crippen molar-refractivity contribution in [3.63, 3.8) is 0 Å². The number of tetrazole rings is 1. The Balaban J connectivity index is 1.39. The largest absolute Gasteiger partial charge is 0.336 e. The number of aromatic nitrogens is 4. The Morgan fingerprint density at radius 3 is 2.59 bits per heavy atom. The maximum absolute atomic E-state index is 12.9. The second-order valence-electron chi connectivity index (χ2n) is 6.80. The van der Waals surface area contributed by atoms with Crippen LogP contribution in [0.15, 0.2) is 54.9 Å². The van der Waals surface area contributed by atoms with Crippen LogP contribution in [0.1, 0.15) is 21.5 Å². The molecule has 0 aliphatic carbocycles. The van der Waals surface area contributed by atoms with Gasteiger partial charge in [0.2, 0.25) is 0 Å². The number of amides is 1. The summed E-state index contributed by atoms with van der Waals surface area (Å²) in [4.78, 5) is 17.2. The Morgan fingerprint density at radius 2 is 1.85 bits per heavy atom. The van der Waals surface area contributed by atoms with Gasteiger partial charge in [0, 0.05) is 38.3 Å². The summed E-state index contributed by atoms with van der Waals surface area (Å²) in [7, 11) is 0. The van der Waals surface area contributed by atoms with Crippen LogP contribution in [0.3, 0.4) is 0 Å². The molecule has 2 heterocycles. The summed E-state index contributed by atoms with van der Waals surface area (Å²) in [5.41, 5.74) is 4.11. The molecule has 0 unspecified atom stereocenters. The van der Waals surface area contributed by atoms with Crippen molar-refractivity contribution in [2.24, 2.45) is 0 Å². The molecule has 1 amide bonds. The number of hydrogen-bond donors (Lipinski definition) is 0. The predicted octanol–water partition coefficient (Wildman–Crippen LogP) is 1.93. The zero-order valence-electron chi connectivity index (χ0n) is 15.3. The van der Waals surface area contributed by atoms with Gasteiger partial charge in [0.25, 0.3) is 5.91 Å². The normalized spacial score (nSPS) is 15.1. The molecule has 3 aromatic rings. The van der Waals surface area contributed by atoms with Gasteiger partial charge >= 0.3 is 0 Å². The van der Waals surface area contributed by atoms with Gasteiger partial charge in [0.15, 0.2) is 0 Å². The number of carbonyl (C=O) groups excluding carboxylic acids is 1. The minimum absolute atomic E-state index is 0.0560. The molecule has 0 N–H and O–H groups in total. The molecule has 0 radical (unpaired) electrons. The highest BCUT2D eigenvalue weighted by Crippen LogP contribution is 2.15. The molecule has 1 aliphatic rings. The number of hydrogen-bond acceptors (Lipinski definition) is 5. The van der Waals surface area contributed by atoms with Crippen molar-refractivity contribution in [2.75, 3.05) is 26.2 Å². The second-order valence-corrected chi connectivity index (χ2v) is 6.80. The molecule has 4 rings (SSSR count). The molecule has 0 saturated carbocycles. The SMILES string of the molecule is Cc1ccccc1CN1CCN(C(=O)c2cccc(-n3cnnn3)c2)CC1. The Bertz CT molecular complexity index is 916. The highest BCUT2D eigenvalue weighted by atomic mass is 16.2. The summed E-state index contributed by atoms with van der Waals surface area (Å²) < 4.78 is 1.55. The number of rotatable bonds is 4. The molecule has 0 bridgehead atoms. The first-order chi connectivity index (χ1) is 13.2. The number of benzene rings is 2. The Labute approximate surface area is 158 Å². The van der Waals surface area contributed by atoms with Crippen LogP contribution >= 0.6 is 0 Å². The summed E-state index contributed by atoms with van der Waals surface area (Å²) in [5, 5.41) is 11.2. The molecule has 7 nitrogen and oxygen atoms in total. The van der Waals surface area contributed by atoms with Gasteiger partial charge in [0.1, 0.15) is 6.33 Å². The van der Waals surface area contributed by atoms with Gasteiger partial charge in [-0.25, -0.2) is 4.68 Å². The molecule has 1 fully saturated rings. The van der Waals surface area contributed by atoms with E-state index in [0.717, 1.165) is 38.4 Å². The van der Waals surface area contributed by atoms with E-state index in [1.807, 2.05) is 29.2 Å². The fourth-order valence-electron chi connectivity index (χ4n) is 3.38. The first kappa shape index (κ1) is 17.4. The van der Waals surface area contributed by atoms with Crippen molar-refractivity contribution in [3.8, 4) is 5.69 Å². The topological polar surface area (TPSA) is 67.2 Å². The van der Waals surface area contributed by atoms with Crippen LogP contribution in [-0.2, 0) is 6.54 Å². The molecular formula is C20H22N6O. The minimum atomic E-state index is 0.0560. The summed E-state index contributed by atoms with van der Waals surface area (Å²) in [6.07, 6.45) is 1.52. The van der Waals surface area contributed by atoms with Crippen LogP contribution in [0.2, 0.25) is 0 Å². The lowest BCUT2D eigenvalue weighted by Gasteiger charge is -2.35.